The number of rotatable bonds is 2. The molecule has 1 saturated heterocycles. The predicted molar refractivity (Wildman–Crippen MR) is 58.8 cm³/mol. The van der Waals surface area contributed by atoms with E-state index in [2.05, 4.69) is 12.2 Å². The van der Waals surface area contributed by atoms with Crippen LogP contribution in [-0.2, 0) is 0 Å². The summed E-state index contributed by atoms with van der Waals surface area (Å²) in [6.45, 7) is 2.12. The number of nitrogens with one attached hydrogen (secondary N) is 1. The highest BCUT2D eigenvalue weighted by atomic mass is 32.2. The Morgan fingerprint density at radius 1 is 1.71 bits per heavy atom. The average molecular weight is 230 g/mol. The van der Waals surface area contributed by atoms with Crippen molar-refractivity contribution < 1.29 is 4.92 Å². The first kappa shape index (κ1) is 9.95. The molecule has 1 fully saturated rings. The van der Waals surface area contributed by atoms with Gasteiger partial charge in [-0.25, -0.2) is 0 Å². The molecule has 1 aromatic heterocycles. The fourth-order valence-corrected chi connectivity index (χ4v) is 3.43. The fourth-order valence-electron chi connectivity index (χ4n) is 1.36. The first-order valence-electron chi connectivity index (χ1n) is 4.27. The van der Waals surface area contributed by atoms with Gasteiger partial charge in [0, 0.05) is 23.2 Å². The maximum absolute atomic E-state index is 10.5. The van der Waals surface area contributed by atoms with E-state index in [4.69, 9.17) is 0 Å². The number of nitrogens with zero attached hydrogens (tertiary/aromatic N) is 1. The lowest BCUT2D eigenvalue weighted by molar-refractivity contribution is -0.380. The van der Waals surface area contributed by atoms with E-state index in [1.54, 1.807) is 17.8 Å². The van der Waals surface area contributed by atoms with E-state index in [0.29, 0.717) is 6.04 Å². The van der Waals surface area contributed by atoms with Crippen molar-refractivity contribution in [3.05, 3.63) is 27.1 Å². The minimum absolute atomic E-state index is 0.224. The Bertz CT molecular complexity index is 353. The predicted octanol–water partition coefficient (Wildman–Crippen LogP) is 2.38. The van der Waals surface area contributed by atoms with Crippen LogP contribution in [0.15, 0.2) is 11.4 Å². The van der Waals surface area contributed by atoms with E-state index in [0.717, 1.165) is 11.3 Å². The van der Waals surface area contributed by atoms with Crippen molar-refractivity contribution in [2.75, 3.05) is 5.75 Å². The molecule has 1 aromatic rings. The summed E-state index contributed by atoms with van der Waals surface area (Å²) >= 11 is 2.99. The molecular weight excluding hydrogens is 220 g/mol. The third-order valence-corrected chi connectivity index (χ3v) is 4.37. The van der Waals surface area contributed by atoms with Crippen LogP contribution in [0.25, 0.3) is 0 Å². The summed E-state index contributed by atoms with van der Waals surface area (Å²) in [5.74, 6) is 1.06. The van der Waals surface area contributed by atoms with Crippen LogP contribution in [0.4, 0.5) is 5.00 Å². The van der Waals surface area contributed by atoms with Gasteiger partial charge in [-0.1, -0.05) is 11.3 Å². The summed E-state index contributed by atoms with van der Waals surface area (Å²) in [5, 5.41) is 16.2. The summed E-state index contributed by atoms with van der Waals surface area (Å²) in [4.78, 5) is 10.1. The van der Waals surface area contributed by atoms with Crippen LogP contribution in [0.5, 0.6) is 0 Å². The summed E-state index contributed by atoms with van der Waals surface area (Å²) in [5.41, 5.74) is 1.02. The van der Waals surface area contributed by atoms with E-state index >= 15 is 0 Å². The smallest absolute Gasteiger partial charge is 0.298 e. The third-order valence-electron chi connectivity index (χ3n) is 2.04. The van der Waals surface area contributed by atoms with Crippen LogP contribution < -0.4 is 5.32 Å². The Morgan fingerprint density at radius 3 is 3.00 bits per heavy atom. The monoisotopic (exact) mass is 230 g/mol. The molecule has 1 N–H and O–H groups in total. The van der Waals surface area contributed by atoms with Crippen molar-refractivity contribution in [1.29, 1.82) is 0 Å². The van der Waals surface area contributed by atoms with Crippen molar-refractivity contribution >= 4 is 28.1 Å². The zero-order valence-electron chi connectivity index (χ0n) is 7.60. The molecule has 1 aliphatic rings. The second kappa shape index (κ2) is 3.88. The minimum atomic E-state index is -0.336. The number of thiophene rings is 1. The van der Waals surface area contributed by atoms with Crippen LogP contribution in [-0.4, -0.2) is 16.7 Å². The van der Waals surface area contributed by atoms with Crippen molar-refractivity contribution in [2.45, 2.75) is 18.3 Å². The molecule has 0 aliphatic carbocycles. The maximum Gasteiger partial charge on any atom is 0.324 e. The van der Waals surface area contributed by atoms with Gasteiger partial charge in [-0.3, -0.25) is 15.4 Å². The van der Waals surface area contributed by atoms with Gasteiger partial charge in [0.1, 0.15) is 0 Å². The van der Waals surface area contributed by atoms with Gasteiger partial charge in [0.2, 0.25) is 0 Å². The Morgan fingerprint density at radius 2 is 2.50 bits per heavy atom. The van der Waals surface area contributed by atoms with Gasteiger partial charge in [-0.05, 0) is 12.5 Å². The molecule has 76 valence electrons. The molecule has 4 nitrogen and oxygen atoms in total. The average Bonchev–Trinajstić information content (AvgIpc) is 2.70. The first-order chi connectivity index (χ1) is 6.66. The van der Waals surface area contributed by atoms with Crippen LogP contribution in [0.2, 0.25) is 0 Å². The molecular formula is C8H10N2O2S2. The Labute approximate surface area is 89.9 Å². The van der Waals surface area contributed by atoms with E-state index in [1.807, 2.05) is 5.38 Å². The molecule has 2 unspecified atom stereocenters. The normalized spacial score (nSPS) is 26.6. The summed E-state index contributed by atoms with van der Waals surface area (Å²) in [6, 6.07) is 2.15. The molecule has 0 spiro atoms. The second-order valence-corrected chi connectivity index (χ2v) is 5.28. The lowest BCUT2D eigenvalue weighted by Gasteiger charge is -2.07. The Hall–Kier alpha value is -0.590. The summed E-state index contributed by atoms with van der Waals surface area (Å²) < 4.78 is 0. The fraction of sp³-hybridized carbons (Fsp3) is 0.500. The van der Waals surface area contributed by atoms with Crippen molar-refractivity contribution in [3.8, 4) is 0 Å². The highest BCUT2D eigenvalue weighted by Crippen LogP contribution is 2.36. The second-order valence-electron chi connectivity index (χ2n) is 3.26. The third kappa shape index (κ3) is 1.92. The van der Waals surface area contributed by atoms with Crippen LogP contribution >= 0.6 is 23.1 Å². The molecule has 6 heteroatoms. The zero-order chi connectivity index (χ0) is 10.1. The lowest BCUT2D eigenvalue weighted by atomic mass is 10.3. The van der Waals surface area contributed by atoms with Crippen molar-refractivity contribution in [3.63, 3.8) is 0 Å². The molecule has 14 heavy (non-hydrogen) atoms. The van der Waals surface area contributed by atoms with E-state index in [9.17, 15) is 10.1 Å². The van der Waals surface area contributed by atoms with Gasteiger partial charge in [-0.15, -0.1) is 11.8 Å². The van der Waals surface area contributed by atoms with E-state index in [1.165, 1.54) is 11.3 Å². The highest BCUT2D eigenvalue weighted by Gasteiger charge is 2.24. The van der Waals surface area contributed by atoms with Gasteiger partial charge in [0.05, 0.1) is 10.3 Å². The molecule has 0 saturated carbocycles. The number of nitro groups is 1. The van der Waals surface area contributed by atoms with Crippen LogP contribution in [0, 0.1) is 10.1 Å². The van der Waals surface area contributed by atoms with Gasteiger partial charge in [0.15, 0.2) is 0 Å². The van der Waals surface area contributed by atoms with Gasteiger partial charge in [0.25, 0.3) is 0 Å². The lowest BCUT2D eigenvalue weighted by Crippen LogP contribution is -2.21. The van der Waals surface area contributed by atoms with Crippen molar-refractivity contribution in [1.82, 2.24) is 5.32 Å². The number of hydrogen-bond donors (Lipinski definition) is 1. The number of thioether (sulfide) groups is 1. The molecule has 0 aromatic carbocycles. The minimum Gasteiger partial charge on any atom is -0.298 e. The maximum atomic E-state index is 10.5. The Kier molecular flexibility index (Phi) is 2.76. The first-order valence-corrected chi connectivity index (χ1v) is 6.20. The topological polar surface area (TPSA) is 55.2 Å². The largest absolute Gasteiger partial charge is 0.324 e. The Balaban J connectivity index is 2.13. The quantitative estimate of drug-likeness (QED) is 0.626. The number of hydrogen-bond acceptors (Lipinski definition) is 5. The summed E-state index contributed by atoms with van der Waals surface area (Å²) in [6.07, 6.45) is 0. The molecule has 0 radical (unpaired) electrons. The molecule has 2 rings (SSSR count). The van der Waals surface area contributed by atoms with Gasteiger partial charge >= 0.3 is 5.00 Å². The van der Waals surface area contributed by atoms with Crippen LogP contribution in [0.3, 0.4) is 0 Å². The standard InChI is InChI=1S/C8H10N2O2S2/c1-5-3-14-8(9-5)6-2-7(10(11)12)13-4-6/h2,4-5,8-9H,3H2,1H3. The van der Waals surface area contributed by atoms with Gasteiger partial charge < -0.3 is 0 Å². The highest BCUT2D eigenvalue weighted by molar-refractivity contribution is 7.99. The van der Waals surface area contributed by atoms with Crippen LogP contribution in [0.1, 0.15) is 17.9 Å². The van der Waals surface area contributed by atoms with E-state index < -0.39 is 0 Å². The molecule has 0 bridgehead atoms. The summed E-state index contributed by atoms with van der Waals surface area (Å²) in [7, 11) is 0. The molecule has 2 heterocycles. The SMILES string of the molecule is CC1CSC(c2csc([N+](=O)[O-])c2)N1. The molecule has 2 atom stereocenters. The van der Waals surface area contributed by atoms with Gasteiger partial charge in [-0.2, -0.15) is 0 Å². The van der Waals surface area contributed by atoms with Crippen molar-refractivity contribution in [2.24, 2.45) is 0 Å². The molecule has 1 aliphatic heterocycles. The zero-order valence-corrected chi connectivity index (χ0v) is 9.23. The van der Waals surface area contributed by atoms with E-state index in [-0.39, 0.29) is 15.3 Å². The molecule has 0 amide bonds.